The van der Waals surface area contributed by atoms with Crippen molar-refractivity contribution in [2.45, 2.75) is 32.5 Å². The monoisotopic (exact) mass is 612 g/mol. The molecule has 186 valence electrons. The van der Waals surface area contributed by atoms with Crippen molar-refractivity contribution in [3.63, 3.8) is 0 Å². The van der Waals surface area contributed by atoms with E-state index in [2.05, 4.69) is 62.8 Å². The molecule has 2 aromatic carbocycles. The highest BCUT2D eigenvalue weighted by atomic mass is 79.9. The third-order valence-corrected chi connectivity index (χ3v) is 8.03. The van der Waals surface area contributed by atoms with E-state index in [4.69, 9.17) is 0 Å². The first-order chi connectivity index (χ1) is 17.2. The number of hydrogen-bond donors (Lipinski definition) is 1. The zero-order valence-corrected chi connectivity index (χ0v) is 23.1. The Morgan fingerprint density at radius 3 is 2.67 bits per heavy atom. The van der Waals surface area contributed by atoms with E-state index < -0.39 is 0 Å². The summed E-state index contributed by atoms with van der Waals surface area (Å²) in [7, 11) is 0. The average molecular weight is 614 g/mol. The Morgan fingerprint density at radius 2 is 1.92 bits per heavy atom. The van der Waals surface area contributed by atoms with Crippen molar-refractivity contribution in [3.8, 4) is 0 Å². The molecule has 3 aromatic rings. The average Bonchev–Trinajstić information content (AvgIpc) is 3.16. The second kappa shape index (κ2) is 9.86. The molecule has 1 N–H and O–H groups in total. The lowest BCUT2D eigenvalue weighted by atomic mass is 9.97. The Hall–Kier alpha value is -2.91. The molecule has 0 bridgehead atoms. The Balaban J connectivity index is 1.36. The molecule has 3 amide bonds. The summed E-state index contributed by atoms with van der Waals surface area (Å²) in [6, 6.07) is 9.95. The first kappa shape index (κ1) is 24.8. The van der Waals surface area contributed by atoms with E-state index in [1.807, 2.05) is 27.7 Å². The van der Waals surface area contributed by atoms with Gasteiger partial charge in [-0.3, -0.25) is 14.4 Å². The van der Waals surface area contributed by atoms with Crippen LogP contribution in [0.2, 0.25) is 0 Å². The Morgan fingerprint density at radius 1 is 1.14 bits per heavy atom. The highest BCUT2D eigenvalue weighted by Crippen LogP contribution is 2.31. The lowest BCUT2D eigenvalue weighted by molar-refractivity contribution is -0.133. The van der Waals surface area contributed by atoms with Gasteiger partial charge in [-0.2, -0.15) is 0 Å². The molecule has 0 aliphatic carbocycles. The predicted molar refractivity (Wildman–Crippen MR) is 146 cm³/mol. The lowest BCUT2D eigenvalue weighted by Gasteiger charge is -2.38. The first-order valence-corrected chi connectivity index (χ1v) is 13.4. The van der Waals surface area contributed by atoms with Gasteiger partial charge in [-0.15, -0.1) is 0 Å². The van der Waals surface area contributed by atoms with Crippen LogP contribution in [0.1, 0.15) is 27.0 Å². The minimum Gasteiger partial charge on any atom is -0.348 e. The number of benzene rings is 2. The van der Waals surface area contributed by atoms with Gasteiger partial charge >= 0.3 is 0 Å². The van der Waals surface area contributed by atoms with Crippen LogP contribution in [0.4, 0.5) is 0 Å². The fourth-order valence-corrected chi connectivity index (χ4v) is 6.19. The summed E-state index contributed by atoms with van der Waals surface area (Å²) in [6.45, 7) is 7.78. The Kier molecular flexibility index (Phi) is 6.78. The zero-order chi connectivity index (χ0) is 25.6. The van der Waals surface area contributed by atoms with Crippen LogP contribution in [0.15, 0.2) is 58.1 Å². The molecule has 9 heteroatoms. The van der Waals surface area contributed by atoms with Crippen molar-refractivity contribution in [2.24, 2.45) is 0 Å². The molecule has 0 spiro atoms. The summed E-state index contributed by atoms with van der Waals surface area (Å²) in [5, 5.41) is 3.79. The molecule has 7 nitrogen and oxygen atoms in total. The fourth-order valence-electron chi connectivity index (χ4n) is 5.02. The van der Waals surface area contributed by atoms with Crippen molar-refractivity contribution in [1.82, 2.24) is 19.7 Å². The number of hydrogen-bond acceptors (Lipinski definition) is 3. The van der Waals surface area contributed by atoms with Crippen molar-refractivity contribution < 1.29 is 14.4 Å². The zero-order valence-electron chi connectivity index (χ0n) is 19.9. The first-order valence-electron chi connectivity index (χ1n) is 11.8. The summed E-state index contributed by atoms with van der Waals surface area (Å²) in [4.78, 5) is 41.6. The summed E-state index contributed by atoms with van der Waals surface area (Å²) in [6.07, 6.45) is 3.86. The third kappa shape index (κ3) is 4.74. The maximum absolute atomic E-state index is 13.7. The van der Waals surface area contributed by atoms with Crippen LogP contribution >= 0.6 is 31.9 Å². The van der Waals surface area contributed by atoms with Crippen LogP contribution in [-0.4, -0.2) is 57.8 Å². The van der Waals surface area contributed by atoms with Gasteiger partial charge in [-0.25, -0.2) is 0 Å². The molecule has 1 fully saturated rings. The Labute approximate surface area is 226 Å². The van der Waals surface area contributed by atoms with E-state index in [0.29, 0.717) is 31.7 Å². The smallest absolute Gasteiger partial charge is 0.256 e. The number of carbonyl (C=O) groups is 3. The molecular weight excluding hydrogens is 588 g/mol. The number of aromatic nitrogens is 1. The summed E-state index contributed by atoms with van der Waals surface area (Å²) < 4.78 is 3.80. The lowest BCUT2D eigenvalue weighted by Crippen LogP contribution is -2.61. The van der Waals surface area contributed by atoms with Crippen LogP contribution in [0.5, 0.6) is 0 Å². The number of halogens is 2. The van der Waals surface area contributed by atoms with Crippen molar-refractivity contribution in [3.05, 3.63) is 80.4 Å². The van der Waals surface area contributed by atoms with Gasteiger partial charge in [0.2, 0.25) is 11.8 Å². The molecule has 1 saturated heterocycles. The number of fused-ring (bicyclic) bond motifs is 2. The third-order valence-electron chi connectivity index (χ3n) is 6.83. The van der Waals surface area contributed by atoms with Gasteiger partial charge in [0.15, 0.2) is 0 Å². The topological polar surface area (TPSA) is 74.6 Å². The van der Waals surface area contributed by atoms with Gasteiger partial charge in [0.05, 0.1) is 11.6 Å². The normalized spacial score (nSPS) is 15.4. The maximum atomic E-state index is 13.7. The van der Waals surface area contributed by atoms with Crippen LogP contribution in [0.25, 0.3) is 10.9 Å². The van der Waals surface area contributed by atoms with Gasteiger partial charge in [-0.1, -0.05) is 44.5 Å². The largest absolute Gasteiger partial charge is 0.348 e. The van der Waals surface area contributed by atoms with Gasteiger partial charge < -0.3 is 19.7 Å². The van der Waals surface area contributed by atoms with Crippen molar-refractivity contribution >= 4 is 60.5 Å². The second-order valence-corrected chi connectivity index (χ2v) is 11.2. The fraction of sp³-hybridized carbons (Fsp3) is 0.296. The predicted octanol–water partition coefficient (Wildman–Crippen LogP) is 4.19. The number of nitrogens with zero attached hydrogens (tertiary/aromatic N) is 3. The number of rotatable bonds is 5. The number of nitrogens with one attached hydrogen (secondary N) is 1. The molecule has 5 rings (SSSR count). The summed E-state index contributed by atoms with van der Waals surface area (Å²) >= 11 is 7.19. The minimum atomic E-state index is -0.156. The highest BCUT2D eigenvalue weighted by molar-refractivity contribution is 9.10. The number of amides is 3. The van der Waals surface area contributed by atoms with Crippen LogP contribution in [0, 0.1) is 6.92 Å². The molecule has 0 saturated carbocycles. The van der Waals surface area contributed by atoms with Crippen molar-refractivity contribution in [1.29, 1.82) is 0 Å². The molecule has 2 aliphatic heterocycles. The number of carbonyl (C=O) groups excluding carboxylic acids is 3. The molecule has 0 radical (unpaired) electrons. The van der Waals surface area contributed by atoms with Crippen molar-refractivity contribution in [2.75, 3.05) is 19.6 Å². The van der Waals surface area contributed by atoms with E-state index >= 15 is 0 Å². The van der Waals surface area contributed by atoms with Gasteiger partial charge in [0, 0.05) is 52.2 Å². The second-order valence-electron chi connectivity index (χ2n) is 9.41. The molecular formula is C27H26Br2N4O3. The Bertz CT molecular complexity index is 1410. The maximum Gasteiger partial charge on any atom is 0.256 e. The standard InChI is InChI=1S/C27H26Br2N4O3/c1-3-26(35)33-12-19(13-33)30-25(34)15-32-14-22(21-10-18(28)4-5-24(21)32)27(36)31-7-6-20-17(11-31)8-16(2)9-23(20)29/h3-5,8-10,14,19H,1,6-7,11-13,15H2,2H3,(H,30,34). The van der Waals surface area contributed by atoms with Gasteiger partial charge in [-0.05, 0) is 60.4 Å². The van der Waals surface area contributed by atoms with E-state index in [-0.39, 0.29) is 30.3 Å². The molecule has 3 heterocycles. The van der Waals surface area contributed by atoms with Crippen LogP contribution < -0.4 is 5.32 Å². The highest BCUT2D eigenvalue weighted by Gasteiger charge is 2.31. The van der Waals surface area contributed by atoms with E-state index in [1.54, 1.807) is 11.1 Å². The van der Waals surface area contributed by atoms with E-state index in [1.165, 1.54) is 11.6 Å². The van der Waals surface area contributed by atoms with Gasteiger partial charge in [0.1, 0.15) is 6.54 Å². The molecule has 36 heavy (non-hydrogen) atoms. The van der Waals surface area contributed by atoms with Crippen LogP contribution in [-0.2, 0) is 29.1 Å². The molecule has 2 aliphatic rings. The molecule has 1 aromatic heterocycles. The molecule has 0 unspecified atom stereocenters. The SMILES string of the molecule is C=CC(=O)N1CC(NC(=O)Cn2cc(C(=O)N3CCc4c(Br)cc(C)cc4C3)c3cc(Br)ccc32)C1. The molecule has 0 atom stereocenters. The van der Waals surface area contributed by atoms with E-state index in [9.17, 15) is 14.4 Å². The van der Waals surface area contributed by atoms with Gasteiger partial charge in [0.25, 0.3) is 5.91 Å². The number of likely N-dealkylation sites (tertiary alicyclic amines) is 1. The van der Waals surface area contributed by atoms with Crippen LogP contribution in [0.3, 0.4) is 0 Å². The quantitative estimate of drug-likeness (QED) is 0.439. The number of aryl methyl sites for hydroxylation is 1. The summed E-state index contributed by atoms with van der Waals surface area (Å²) in [5.74, 6) is -0.330. The minimum absolute atomic E-state index is 0.0434. The summed E-state index contributed by atoms with van der Waals surface area (Å²) in [5.41, 5.74) is 4.99. The van der Waals surface area contributed by atoms with E-state index in [0.717, 1.165) is 37.4 Å².